The first-order valence-corrected chi connectivity index (χ1v) is 11.1. The van der Waals surface area contributed by atoms with Gasteiger partial charge in [-0.15, -0.1) is 0 Å². The van der Waals surface area contributed by atoms with Crippen molar-refractivity contribution in [3.8, 4) is 0 Å². The van der Waals surface area contributed by atoms with E-state index in [1.165, 1.54) is 43.4 Å². The first-order chi connectivity index (χ1) is 13.7. The Hall–Kier alpha value is -2.22. The Morgan fingerprint density at radius 2 is 1.76 bits per heavy atom. The second-order valence-electron chi connectivity index (χ2n) is 6.31. The molecule has 29 heavy (non-hydrogen) atoms. The summed E-state index contributed by atoms with van der Waals surface area (Å²) >= 11 is 9.03. The zero-order valence-electron chi connectivity index (χ0n) is 15.3. The molecule has 0 aromatic heterocycles. The average molecular weight is 497 g/mol. The number of hydrogen-bond acceptors (Lipinski definition) is 3. The second-order valence-corrected chi connectivity index (χ2v) is 9.63. The van der Waals surface area contributed by atoms with Gasteiger partial charge in [0.25, 0.3) is 10.0 Å². The summed E-state index contributed by atoms with van der Waals surface area (Å²) in [7, 11) is -2.47. The van der Waals surface area contributed by atoms with E-state index in [9.17, 15) is 17.6 Å². The van der Waals surface area contributed by atoms with Crippen LogP contribution in [-0.2, 0) is 16.4 Å². The van der Waals surface area contributed by atoms with Gasteiger partial charge in [0.15, 0.2) is 5.78 Å². The fourth-order valence-corrected chi connectivity index (χ4v) is 4.42. The van der Waals surface area contributed by atoms with E-state index in [4.69, 9.17) is 11.6 Å². The number of carbonyl (C=O) groups is 1. The average Bonchev–Trinajstić information content (AvgIpc) is 2.70. The van der Waals surface area contributed by atoms with Crippen LogP contribution >= 0.6 is 27.5 Å². The van der Waals surface area contributed by atoms with Crippen LogP contribution in [0.25, 0.3) is 0 Å². The van der Waals surface area contributed by atoms with Crippen molar-refractivity contribution in [1.82, 2.24) is 0 Å². The lowest BCUT2D eigenvalue weighted by atomic mass is 10.0. The molecule has 4 nitrogen and oxygen atoms in total. The van der Waals surface area contributed by atoms with E-state index in [2.05, 4.69) is 15.9 Å². The van der Waals surface area contributed by atoms with E-state index in [0.29, 0.717) is 15.2 Å². The molecule has 0 aliphatic carbocycles. The molecule has 3 aromatic carbocycles. The summed E-state index contributed by atoms with van der Waals surface area (Å²) in [5.41, 5.74) is 0.866. The van der Waals surface area contributed by atoms with Crippen molar-refractivity contribution in [3.05, 3.63) is 93.2 Å². The van der Waals surface area contributed by atoms with Crippen molar-refractivity contribution in [2.24, 2.45) is 0 Å². The van der Waals surface area contributed by atoms with Gasteiger partial charge in [-0.1, -0.05) is 45.7 Å². The molecule has 0 N–H and O–H groups in total. The third-order valence-electron chi connectivity index (χ3n) is 4.37. The first-order valence-electron chi connectivity index (χ1n) is 8.50. The Labute approximate surface area is 182 Å². The molecule has 0 saturated carbocycles. The van der Waals surface area contributed by atoms with Crippen molar-refractivity contribution >= 4 is 49.0 Å². The van der Waals surface area contributed by atoms with Crippen LogP contribution in [0.15, 0.2) is 76.1 Å². The number of sulfonamides is 1. The summed E-state index contributed by atoms with van der Waals surface area (Å²) in [6.07, 6.45) is -0.171. The van der Waals surface area contributed by atoms with Crippen molar-refractivity contribution in [3.63, 3.8) is 0 Å². The molecule has 0 fully saturated rings. The minimum absolute atomic E-state index is 0.0305. The molecule has 0 aliphatic rings. The molecule has 0 saturated heterocycles. The van der Waals surface area contributed by atoms with Crippen LogP contribution in [-0.4, -0.2) is 21.2 Å². The number of rotatable bonds is 6. The van der Waals surface area contributed by atoms with Crippen molar-refractivity contribution in [1.29, 1.82) is 0 Å². The number of benzene rings is 3. The Morgan fingerprint density at radius 1 is 1.07 bits per heavy atom. The van der Waals surface area contributed by atoms with Crippen molar-refractivity contribution in [2.75, 3.05) is 11.4 Å². The van der Waals surface area contributed by atoms with Crippen LogP contribution in [0.5, 0.6) is 0 Å². The molecular weight excluding hydrogens is 481 g/mol. The number of anilines is 1. The van der Waals surface area contributed by atoms with Crippen molar-refractivity contribution in [2.45, 2.75) is 11.3 Å². The van der Waals surface area contributed by atoms with Gasteiger partial charge in [0.05, 0.1) is 10.6 Å². The highest BCUT2D eigenvalue weighted by Gasteiger charge is 2.22. The highest BCUT2D eigenvalue weighted by molar-refractivity contribution is 9.10. The molecule has 3 aromatic rings. The lowest BCUT2D eigenvalue weighted by Gasteiger charge is -2.20. The summed E-state index contributed by atoms with van der Waals surface area (Å²) < 4.78 is 41.6. The van der Waals surface area contributed by atoms with E-state index < -0.39 is 15.8 Å². The van der Waals surface area contributed by atoms with E-state index in [1.54, 1.807) is 30.3 Å². The third-order valence-corrected chi connectivity index (χ3v) is 6.90. The van der Waals surface area contributed by atoms with Gasteiger partial charge in [0, 0.05) is 28.5 Å². The topological polar surface area (TPSA) is 54.5 Å². The third kappa shape index (κ3) is 4.86. The van der Waals surface area contributed by atoms with Gasteiger partial charge in [0.2, 0.25) is 0 Å². The Balaban J connectivity index is 1.87. The van der Waals surface area contributed by atoms with E-state index in [0.717, 1.165) is 4.31 Å². The number of Topliss-reactive ketones (excluding diaryl/α,β-unsaturated/α-hetero) is 1. The number of carbonyl (C=O) groups excluding carboxylic acids is 1. The fourth-order valence-electron chi connectivity index (χ4n) is 2.72. The fraction of sp³-hybridized carbons (Fsp3) is 0.0952. The zero-order valence-corrected chi connectivity index (χ0v) is 18.4. The molecule has 0 radical (unpaired) electrons. The molecular formula is C21H16BrClFNO3S. The lowest BCUT2D eigenvalue weighted by Crippen LogP contribution is -2.26. The Kier molecular flexibility index (Phi) is 6.41. The Morgan fingerprint density at radius 3 is 2.41 bits per heavy atom. The number of halogens is 3. The standard InChI is InChI=1S/C21H16BrClFNO3S/c1-25(18-9-7-17(23)8-10-18)29(27,28)19-4-2-3-15(11-19)21(26)12-14-5-6-16(22)13-20(14)24/h2-11,13H,12H2,1H3. The number of hydrogen-bond donors (Lipinski definition) is 0. The minimum Gasteiger partial charge on any atom is -0.294 e. The summed E-state index contributed by atoms with van der Waals surface area (Å²) in [6.45, 7) is 0. The minimum atomic E-state index is -3.89. The van der Waals surface area contributed by atoms with Crippen LogP contribution in [0.2, 0.25) is 5.02 Å². The maximum Gasteiger partial charge on any atom is 0.264 e. The van der Waals surface area contributed by atoms with Crippen LogP contribution in [0.1, 0.15) is 15.9 Å². The molecule has 0 aliphatic heterocycles. The summed E-state index contributed by atoms with van der Waals surface area (Å²) in [5.74, 6) is -0.878. The molecule has 8 heteroatoms. The van der Waals surface area contributed by atoms with Gasteiger partial charge < -0.3 is 0 Å². The number of ketones is 1. The molecule has 150 valence electrons. The smallest absolute Gasteiger partial charge is 0.264 e. The largest absolute Gasteiger partial charge is 0.294 e. The monoisotopic (exact) mass is 495 g/mol. The van der Waals surface area contributed by atoms with Crippen LogP contribution < -0.4 is 4.31 Å². The quantitative estimate of drug-likeness (QED) is 0.424. The van der Waals surface area contributed by atoms with Gasteiger partial charge >= 0.3 is 0 Å². The van der Waals surface area contributed by atoms with Gasteiger partial charge in [-0.2, -0.15) is 0 Å². The molecule has 0 unspecified atom stereocenters. The predicted octanol–water partition coefficient (Wildman–Crippen LogP) is 5.49. The molecule has 0 heterocycles. The van der Waals surface area contributed by atoms with Crippen LogP contribution in [0.4, 0.5) is 10.1 Å². The first kappa shape index (κ1) is 21.5. The summed E-state index contributed by atoms with van der Waals surface area (Å²) in [4.78, 5) is 12.6. The molecule has 3 rings (SSSR count). The van der Waals surface area contributed by atoms with E-state index in [1.807, 2.05) is 0 Å². The van der Waals surface area contributed by atoms with E-state index >= 15 is 0 Å². The normalized spacial score (nSPS) is 11.3. The Bertz CT molecular complexity index is 1170. The molecule has 0 bridgehead atoms. The lowest BCUT2D eigenvalue weighted by molar-refractivity contribution is 0.0991. The summed E-state index contributed by atoms with van der Waals surface area (Å²) in [5, 5.41) is 0.493. The predicted molar refractivity (Wildman–Crippen MR) is 116 cm³/mol. The molecule has 0 atom stereocenters. The highest BCUT2D eigenvalue weighted by atomic mass is 79.9. The second kappa shape index (κ2) is 8.65. The van der Waals surface area contributed by atoms with Crippen LogP contribution in [0.3, 0.4) is 0 Å². The SMILES string of the molecule is CN(c1ccc(Cl)cc1)S(=O)(=O)c1cccc(C(=O)Cc2ccc(Br)cc2F)c1. The zero-order chi connectivity index (χ0) is 21.2. The van der Waals surface area contributed by atoms with Crippen molar-refractivity contribution < 1.29 is 17.6 Å². The van der Waals surface area contributed by atoms with Gasteiger partial charge in [-0.3, -0.25) is 9.10 Å². The van der Waals surface area contributed by atoms with Gasteiger partial charge in [0.1, 0.15) is 5.82 Å². The van der Waals surface area contributed by atoms with Gasteiger partial charge in [-0.25, -0.2) is 12.8 Å². The van der Waals surface area contributed by atoms with E-state index in [-0.39, 0.29) is 28.2 Å². The highest BCUT2D eigenvalue weighted by Crippen LogP contribution is 2.25. The number of nitrogens with zero attached hydrogens (tertiary/aromatic N) is 1. The van der Waals surface area contributed by atoms with Gasteiger partial charge in [-0.05, 0) is 54.1 Å². The maximum absolute atomic E-state index is 14.0. The summed E-state index contributed by atoms with van der Waals surface area (Å²) in [6, 6.07) is 16.5. The molecule has 0 amide bonds. The maximum atomic E-state index is 14.0. The van der Waals surface area contributed by atoms with Crippen LogP contribution in [0, 0.1) is 5.82 Å². The molecule has 0 spiro atoms.